The minimum Gasteiger partial charge on any atom is -0.184 e. The van der Waals surface area contributed by atoms with Crippen molar-refractivity contribution in [1.29, 1.82) is 0 Å². The first-order valence-electron chi connectivity index (χ1n) is 17.1. The molecule has 1 heterocycles. The Balaban J connectivity index is 0.000000239. The van der Waals surface area contributed by atoms with Crippen LogP contribution in [0, 0.1) is 12.0 Å². The van der Waals surface area contributed by atoms with Gasteiger partial charge in [-0.1, -0.05) is 159 Å². The summed E-state index contributed by atoms with van der Waals surface area (Å²) in [6.45, 7) is 19.5. The number of fused-ring (bicyclic) bond motifs is 4. The van der Waals surface area contributed by atoms with E-state index >= 15 is 0 Å². The van der Waals surface area contributed by atoms with Crippen molar-refractivity contribution in [2.24, 2.45) is 5.92 Å². The van der Waals surface area contributed by atoms with E-state index in [2.05, 4.69) is 168 Å². The summed E-state index contributed by atoms with van der Waals surface area (Å²) in [5.41, 5.74) is 9.68. The van der Waals surface area contributed by atoms with Crippen molar-refractivity contribution in [3.05, 3.63) is 127 Å². The van der Waals surface area contributed by atoms with E-state index in [4.69, 9.17) is 17.0 Å². The van der Waals surface area contributed by atoms with Gasteiger partial charge in [-0.2, -0.15) is 35.5 Å². The topological polar surface area (TPSA) is 0 Å². The molecule has 49 heavy (non-hydrogen) atoms. The normalized spacial score (nSPS) is 12.0. The molecule has 0 saturated heterocycles. The maximum atomic E-state index is 4.93. The quantitative estimate of drug-likeness (QED) is 0.116. The molecule has 0 amide bonds. The van der Waals surface area contributed by atoms with Crippen molar-refractivity contribution in [3.63, 3.8) is 0 Å². The molecule has 0 aliphatic carbocycles. The van der Waals surface area contributed by atoms with Crippen molar-refractivity contribution >= 4 is 74.2 Å². The summed E-state index contributed by atoms with van der Waals surface area (Å²) in [6.07, 6.45) is 1.13. The van der Waals surface area contributed by atoms with Crippen molar-refractivity contribution in [2.45, 2.75) is 59.6 Å². The Bertz CT molecular complexity index is 1940. The number of hydrogen-bond acceptors (Lipinski definition) is 0. The Morgan fingerprint density at radius 2 is 1.31 bits per heavy atom. The zero-order valence-electron chi connectivity index (χ0n) is 30.0. The summed E-state index contributed by atoms with van der Waals surface area (Å²) in [6, 6.07) is 46.2. The van der Waals surface area contributed by atoms with Crippen LogP contribution in [0.4, 0.5) is 0 Å². The van der Waals surface area contributed by atoms with Gasteiger partial charge in [0.05, 0.1) is 25.7 Å². The van der Waals surface area contributed by atoms with Gasteiger partial charge in [-0.3, -0.25) is 0 Å². The second-order valence-electron chi connectivity index (χ2n) is 15.3. The molecule has 0 nitrogen and oxygen atoms in total. The molecular weight excluding hydrogens is 763 g/mol. The maximum Gasteiger partial charge on any atom is 0.0920 e. The molecule has 0 fully saturated rings. The summed E-state index contributed by atoms with van der Waals surface area (Å²) in [5.74, 6) is 0.660. The molecule has 0 unspecified atom stereocenters. The molecule has 0 aromatic heterocycles. The van der Waals surface area contributed by atoms with Crippen LogP contribution in [0.3, 0.4) is 0 Å². The fourth-order valence-electron chi connectivity index (χ4n) is 6.47. The molecule has 6 aromatic rings. The molecule has 6 aromatic carbocycles. The number of rotatable bonds is 6. The van der Waals surface area contributed by atoms with Gasteiger partial charge in [0.25, 0.3) is 0 Å². The predicted molar refractivity (Wildman–Crippen MR) is 222 cm³/mol. The Hall–Kier alpha value is -2.18. The number of hydrogen-bond donors (Lipinski definition) is 0. The van der Waals surface area contributed by atoms with E-state index < -0.39 is 37.0 Å². The molecule has 6 heteroatoms. The average molecular weight is 809 g/mol. The monoisotopic (exact) mass is 806 g/mol. The molecule has 0 spiro atoms. The van der Waals surface area contributed by atoms with Crippen LogP contribution in [-0.4, -0.2) is 25.7 Å². The van der Waals surface area contributed by atoms with Crippen LogP contribution in [0.2, 0.25) is 39.3 Å². The van der Waals surface area contributed by atoms with Crippen molar-refractivity contribution in [1.82, 2.24) is 0 Å². The minimum atomic E-state index is -1.47. The van der Waals surface area contributed by atoms with Crippen LogP contribution in [0.1, 0.15) is 19.4 Å². The van der Waals surface area contributed by atoms with E-state index in [0.717, 1.165) is 15.9 Å². The van der Waals surface area contributed by atoms with Gasteiger partial charge in [0.15, 0.2) is 0 Å². The van der Waals surface area contributed by atoms with Crippen LogP contribution in [0.25, 0.3) is 44.2 Å². The first-order valence-corrected chi connectivity index (χ1v) is 31.4. The van der Waals surface area contributed by atoms with E-state index in [1.807, 2.05) is 6.07 Å². The van der Waals surface area contributed by atoms with Gasteiger partial charge >= 0.3 is 37.9 Å². The van der Waals surface area contributed by atoms with E-state index in [0.29, 0.717) is 5.92 Å². The fourth-order valence-corrected chi connectivity index (χ4v) is 10.3. The van der Waals surface area contributed by atoms with Crippen LogP contribution in [0.5, 0.6) is 0 Å². The average Bonchev–Trinajstić information content (AvgIpc) is 3.65. The molecule has 2 radical (unpaired) electrons. The molecule has 7 rings (SSSR count). The largest absolute Gasteiger partial charge is 0.184 e. The van der Waals surface area contributed by atoms with E-state index in [1.165, 1.54) is 60.1 Å². The SMILES string of the molecule is CC(C)Cc1cc2c(-c3cc([Si](C)(C)C)cc([Si](C)(C)C)c3)c(-c3ccccc3)ccc2[cH-]1.[Cl][Zr+2][Cl].[c-]1cccc2c1[Si]c1ccccc1-2. The van der Waals surface area contributed by atoms with Gasteiger partial charge in [-0.05, 0) is 29.0 Å². The molecule has 1 aliphatic rings. The number of benzene rings is 5. The van der Waals surface area contributed by atoms with Crippen LogP contribution in [0.15, 0.2) is 115 Å². The van der Waals surface area contributed by atoms with Crippen molar-refractivity contribution in [2.75, 3.05) is 0 Å². The van der Waals surface area contributed by atoms with Crippen LogP contribution >= 0.6 is 17.0 Å². The van der Waals surface area contributed by atoms with Crippen molar-refractivity contribution in [3.8, 4) is 33.4 Å². The van der Waals surface area contributed by atoms with Gasteiger partial charge in [0.1, 0.15) is 0 Å². The standard InChI is InChI=1S/C31H39Si2.C12H7Si.2ClH.Zr/c1-22(2)16-23-17-25-14-15-29(24-12-10-9-11-13-24)31(30(25)18-23)26-19-27(32(3,4)5)21-28(20-26)33(6,7)8;1-3-7-11-9(5-1)10-6-2-4-8-12(10)13-11;;;/h9-15,17-22H,16H2,1-8H3;1-7H;2*1H;/q2*-1;;;+4/p-2. The molecule has 248 valence electrons. The van der Waals surface area contributed by atoms with Crippen LogP contribution in [-0.2, 0) is 27.3 Å². The third kappa shape index (κ3) is 9.39. The summed E-state index contributed by atoms with van der Waals surface area (Å²) in [4.78, 5) is 0. The molecule has 0 saturated carbocycles. The number of halogens is 2. The first-order chi connectivity index (χ1) is 23.3. The van der Waals surface area contributed by atoms with Gasteiger partial charge in [0.2, 0.25) is 0 Å². The van der Waals surface area contributed by atoms with E-state index in [-0.39, 0.29) is 0 Å². The van der Waals surface area contributed by atoms with Gasteiger partial charge in [-0.25, -0.2) is 0 Å². The zero-order chi connectivity index (χ0) is 35.3. The molecule has 0 bridgehead atoms. The Morgan fingerprint density at radius 1 is 0.694 bits per heavy atom. The van der Waals surface area contributed by atoms with Gasteiger partial charge in [0, 0.05) is 0 Å². The third-order valence-electron chi connectivity index (χ3n) is 8.97. The fraction of sp³-hybridized carbons (Fsp3) is 0.233. The third-order valence-corrected chi connectivity index (χ3v) is 14.4. The molecule has 0 N–H and O–H groups in total. The Kier molecular flexibility index (Phi) is 12.8. The van der Waals surface area contributed by atoms with Crippen molar-refractivity contribution < 1.29 is 20.8 Å². The van der Waals surface area contributed by atoms with Gasteiger partial charge < -0.3 is 0 Å². The summed E-state index contributed by atoms with van der Waals surface area (Å²) < 4.78 is 0. The molecule has 1 aliphatic heterocycles. The first kappa shape index (κ1) is 38.1. The van der Waals surface area contributed by atoms with Crippen LogP contribution < -0.4 is 20.7 Å². The Labute approximate surface area is 318 Å². The Morgan fingerprint density at radius 3 is 1.94 bits per heavy atom. The second kappa shape index (κ2) is 16.4. The maximum absolute atomic E-state index is 4.93. The summed E-state index contributed by atoms with van der Waals surface area (Å²) in [5, 5.41) is 8.74. The van der Waals surface area contributed by atoms with E-state index in [9.17, 15) is 0 Å². The predicted octanol–water partition coefficient (Wildman–Crippen LogP) is 10.7. The summed E-state index contributed by atoms with van der Waals surface area (Å²) in [7, 11) is 7.73. The molecular formula is C43H46Cl2Si3Zr. The second-order valence-corrected chi connectivity index (χ2v) is 30.5. The molecule has 0 atom stereocenters. The van der Waals surface area contributed by atoms with E-state index in [1.54, 1.807) is 10.4 Å². The smallest absolute Gasteiger partial charge is 0.0920 e. The summed E-state index contributed by atoms with van der Waals surface area (Å²) >= 11 is -0.826. The minimum absolute atomic E-state index is 0.660. The zero-order valence-corrected chi connectivity index (χ0v) is 37.0. The van der Waals surface area contributed by atoms with Gasteiger partial charge in [-0.15, -0.1) is 34.0 Å².